The van der Waals surface area contributed by atoms with E-state index >= 15 is 0 Å². The number of amides is 1. The summed E-state index contributed by atoms with van der Waals surface area (Å²) in [6, 6.07) is 16.2. The molecule has 2 atom stereocenters. The number of benzene rings is 2. The largest absolute Gasteiger partial charge is 0.481 e. The highest BCUT2D eigenvalue weighted by Crippen LogP contribution is 2.19. The smallest absolute Gasteiger partial charge is 0.260 e. The summed E-state index contributed by atoms with van der Waals surface area (Å²) in [5.74, 6) is 0.432. The van der Waals surface area contributed by atoms with Gasteiger partial charge in [0.2, 0.25) is 0 Å². The lowest BCUT2D eigenvalue weighted by Crippen LogP contribution is -2.37. The molecule has 5 heteroatoms. The molecule has 0 aliphatic carbocycles. The number of halogens is 1. The Labute approximate surface area is 141 Å². The first-order valence-corrected chi connectivity index (χ1v) is 7.87. The average molecular weight is 334 g/mol. The number of carbonyl (C=O) groups excluding carboxylic acids is 1. The maximum atomic E-state index is 12.0. The highest BCUT2D eigenvalue weighted by Gasteiger charge is 2.15. The summed E-state index contributed by atoms with van der Waals surface area (Å²) in [6.07, 6.45) is -0.857. The van der Waals surface area contributed by atoms with Crippen LogP contribution in [0.15, 0.2) is 54.6 Å². The molecular formula is C18H20ClNO3. The summed E-state index contributed by atoms with van der Waals surface area (Å²) in [4.78, 5) is 12.0. The van der Waals surface area contributed by atoms with Gasteiger partial charge in [0, 0.05) is 11.6 Å². The number of aliphatic hydroxyl groups excluding tert-OH is 1. The Morgan fingerprint density at radius 2 is 1.96 bits per heavy atom. The van der Waals surface area contributed by atoms with Gasteiger partial charge in [-0.2, -0.15) is 0 Å². The van der Waals surface area contributed by atoms with E-state index in [2.05, 4.69) is 5.32 Å². The first-order chi connectivity index (χ1) is 11.1. The fourth-order valence-electron chi connectivity index (χ4n) is 2.11. The lowest BCUT2D eigenvalue weighted by atomic mass is 10.1. The van der Waals surface area contributed by atoms with Crippen LogP contribution in [0.1, 0.15) is 25.0 Å². The quantitative estimate of drug-likeness (QED) is 0.817. The summed E-state index contributed by atoms with van der Waals surface area (Å²) in [6.45, 7) is 2.05. The minimum atomic E-state index is -0.667. The van der Waals surface area contributed by atoms with Gasteiger partial charge in [-0.25, -0.2) is 0 Å². The van der Waals surface area contributed by atoms with Gasteiger partial charge < -0.3 is 15.2 Å². The van der Waals surface area contributed by atoms with Crippen LogP contribution < -0.4 is 10.1 Å². The van der Waals surface area contributed by atoms with Gasteiger partial charge in [-0.15, -0.1) is 0 Å². The molecule has 4 nitrogen and oxygen atoms in total. The maximum absolute atomic E-state index is 12.0. The van der Waals surface area contributed by atoms with E-state index in [1.807, 2.05) is 18.2 Å². The Hall–Kier alpha value is -2.04. The Kier molecular flexibility index (Phi) is 6.44. The molecule has 2 rings (SSSR count). The molecular weight excluding hydrogens is 314 g/mol. The highest BCUT2D eigenvalue weighted by atomic mass is 35.5. The van der Waals surface area contributed by atoms with Crippen molar-refractivity contribution in [2.45, 2.75) is 25.6 Å². The van der Waals surface area contributed by atoms with Gasteiger partial charge >= 0.3 is 0 Å². The van der Waals surface area contributed by atoms with Crippen LogP contribution >= 0.6 is 11.6 Å². The molecule has 2 N–H and O–H groups in total. The predicted molar refractivity (Wildman–Crippen MR) is 90.6 cm³/mol. The van der Waals surface area contributed by atoms with Gasteiger partial charge in [-0.1, -0.05) is 41.9 Å². The Bertz CT molecular complexity index is 633. The van der Waals surface area contributed by atoms with E-state index in [9.17, 15) is 9.90 Å². The van der Waals surface area contributed by atoms with E-state index in [0.717, 1.165) is 5.56 Å². The summed E-state index contributed by atoms with van der Waals surface area (Å²) in [5.41, 5.74) is 0.736. The van der Waals surface area contributed by atoms with Crippen LogP contribution in [0.2, 0.25) is 5.02 Å². The maximum Gasteiger partial charge on any atom is 0.260 e. The zero-order valence-corrected chi connectivity index (χ0v) is 13.7. The lowest BCUT2D eigenvalue weighted by molar-refractivity contribution is -0.127. The second-order valence-electron chi connectivity index (χ2n) is 5.22. The van der Waals surface area contributed by atoms with Crippen molar-refractivity contribution in [3.63, 3.8) is 0 Å². The van der Waals surface area contributed by atoms with Crippen LogP contribution in [0.5, 0.6) is 5.75 Å². The number of para-hydroxylation sites is 1. The summed E-state index contributed by atoms with van der Waals surface area (Å²) in [5, 5.41) is 13.4. The van der Waals surface area contributed by atoms with Crippen LogP contribution in [-0.2, 0) is 4.79 Å². The third-order valence-electron chi connectivity index (χ3n) is 3.38. The van der Waals surface area contributed by atoms with E-state index in [1.54, 1.807) is 43.3 Å². The van der Waals surface area contributed by atoms with Crippen molar-refractivity contribution in [3.05, 3.63) is 65.2 Å². The average Bonchev–Trinajstić information content (AvgIpc) is 2.55. The molecule has 0 aliphatic heterocycles. The standard InChI is InChI=1S/C18H20ClNO3/c1-13(23-16-8-3-2-4-9-16)18(22)20-11-10-17(21)14-6-5-7-15(19)12-14/h2-9,12-13,17,21H,10-11H2,1H3,(H,20,22). The third-order valence-corrected chi connectivity index (χ3v) is 3.61. The predicted octanol–water partition coefficient (Wildman–Crippen LogP) is 3.35. The number of nitrogens with one attached hydrogen (secondary N) is 1. The lowest BCUT2D eigenvalue weighted by Gasteiger charge is -2.16. The molecule has 23 heavy (non-hydrogen) atoms. The van der Waals surface area contributed by atoms with Gasteiger partial charge in [0.1, 0.15) is 5.75 Å². The Morgan fingerprint density at radius 1 is 1.22 bits per heavy atom. The molecule has 1 amide bonds. The van der Waals surface area contributed by atoms with Crippen molar-refractivity contribution in [3.8, 4) is 5.75 Å². The van der Waals surface area contributed by atoms with Crippen LogP contribution in [-0.4, -0.2) is 23.7 Å². The highest BCUT2D eigenvalue weighted by molar-refractivity contribution is 6.30. The SMILES string of the molecule is CC(Oc1ccccc1)C(=O)NCCC(O)c1cccc(Cl)c1. The third kappa shape index (κ3) is 5.58. The molecule has 0 saturated heterocycles. The molecule has 0 radical (unpaired) electrons. The van der Waals surface area contributed by atoms with Gasteiger partial charge in [-0.05, 0) is 43.2 Å². The van der Waals surface area contributed by atoms with E-state index in [0.29, 0.717) is 23.7 Å². The first-order valence-electron chi connectivity index (χ1n) is 7.49. The number of hydrogen-bond donors (Lipinski definition) is 2. The first kappa shape index (κ1) is 17.3. The minimum absolute atomic E-state index is 0.216. The van der Waals surface area contributed by atoms with Crippen molar-refractivity contribution in [2.24, 2.45) is 0 Å². The summed E-state index contributed by atoms with van der Waals surface area (Å²) < 4.78 is 5.54. The number of aliphatic hydroxyl groups is 1. The van der Waals surface area contributed by atoms with Crippen molar-refractivity contribution in [1.82, 2.24) is 5.32 Å². The van der Waals surface area contributed by atoms with E-state index in [-0.39, 0.29) is 5.91 Å². The van der Waals surface area contributed by atoms with E-state index in [1.165, 1.54) is 0 Å². The van der Waals surface area contributed by atoms with Crippen molar-refractivity contribution in [2.75, 3.05) is 6.54 Å². The van der Waals surface area contributed by atoms with Gasteiger partial charge in [0.25, 0.3) is 5.91 Å². The molecule has 0 aliphatic rings. The van der Waals surface area contributed by atoms with Crippen LogP contribution in [0.4, 0.5) is 0 Å². The van der Waals surface area contributed by atoms with Gasteiger partial charge in [0.15, 0.2) is 6.10 Å². The molecule has 122 valence electrons. The van der Waals surface area contributed by atoms with E-state index in [4.69, 9.17) is 16.3 Å². The van der Waals surface area contributed by atoms with Crippen LogP contribution in [0.3, 0.4) is 0 Å². The minimum Gasteiger partial charge on any atom is -0.481 e. The molecule has 0 fully saturated rings. The molecule has 2 aromatic carbocycles. The molecule has 2 unspecified atom stereocenters. The Balaban J connectivity index is 1.76. The number of ether oxygens (including phenoxy) is 1. The molecule has 0 spiro atoms. The summed E-state index contributed by atoms with van der Waals surface area (Å²) >= 11 is 5.89. The molecule has 0 heterocycles. The summed E-state index contributed by atoms with van der Waals surface area (Å²) in [7, 11) is 0. The second kappa shape index (κ2) is 8.56. The monoisotopic (exact) mass is 333 g/mol. The molecule has 0 bridgehead atoms. The zero-order valence-electron chi connectivity index (χ0n) is 12.9. The topological polar surface area (TPSA) is 58.6 Å². The number of carbonyl (C=O) groups is 1. The zero-order chi connectivity index (χ0) is 16.7. The van der Waals surface area contributed by atoms with Gasteiger partial charge in [-0.3, -0.25) is 4.79 Å². The molecule has 0 aromatic heterocycles. The number of rotatable bonds is 7. The van der Waals surface area contributed by atoms with Crippen LogP contribution in [0.25, 0.3) is 0 Å². The Morgan fingerprint density at radius 3 is 2.65 bits per heavy atom. The van der Waals surface area contributed by atoms with Crippen molar-refractivity contribution in [1.29, 1.82) is 0 Å². The van der Waals surface area contributed by atoms with Gasteiger partial charge in [0.05, 0.1) is 6.10 Å². The van der Waals surface area contributed by atoms with E-state index < -0.39 is 12.2 Å². The molecule has 2 aromatic rings. The normalized spacial score (nSPS) is 13.2. The fourth-order valence-corrected chi connectivity index (χ4v) is 2.31. The fraction of sp³-hybridized carbons (Fsp3) is 0.278. The van der Waals surface area contributed by atoms with Crippen molar-refractivity contribution < 1.29 is 14.6 Å². The van der Waals surface area contributed by atoms with Crippen LogP contribution in [0, 0.1) is 0 Å². The van der Waals surface area contributed by atoms with Crippen molar-refractivity contribution >= 4 is 17.5 Å². The second-order valence-corrected chi connectivity index (χ2v) is 5.66. The number of hydrogen-bond acceptors (Lipinski definition) is 3. The molecule has 0 saturated carbocycles.